The average Bonchev–Trinajstić information content (AvgIpc) is 3.66. The van der Waals surface area contributed by atoms with Gasteiger partial charge < -0.3 is 0 Å². The standard InChI is InChI=1S/C33H18S4/c1-17-12-28-32(34-17)23-10-8-20-15-26-21(14-25(20)30(23)36-28)9-11-24-31(26)37-29-16-27(35-33(24)29)22-7-6-18-4-2-3-5-19(18)13-22/h2-16H,1H3. The topological polar surface area (TPSA) is 0 Å². The summed E-state index contributed by atoms with van der Waals surface area (Å²) in [7, 11) is 0. The number of hydrogen-bond donors (Lipinski definition) is 0. The van der Waals surface area contributed by atoms with Crippen LogP contribution in [0.2, 0.25) is 0 Å². The minimum Gasteiger partial charge on any atom is -0.139 e. The molecular formula is C33H18S4. The van der Waals surface area contributed by atoms with Gasteiger partial charge in [-0.1, -0.05) is 60.7 Å². The summed E-state index contributed by atoms with van der Waals surface area (Å²) < 4.78 is 8.49. The van der Waals surface area contributed by atoms with Crippen molar-refractivity contribution in [2.75, 3.05) is 0 Å². The molecule has 0 fully saturated rings. The van der Waals surface area contributed by atoms with Crippen LogP contribution in [0.25, 0.3) is 81.7 Å². The Morgan fingerprint density at radius 2 is 1.05 bits per heavy atom. The smallest absolute Gasteiger partial charge is 0.0536 e. The van der Waals surface area contributed by atoms with Gasteiger partial charge in [0.2, 0.25) is 0 Å². The Morgan fingerprint density at radius 1 is 0.432 bits per heavy atom. The molecule has 0 spiro atoms. The normalized spacial score (nSPS) is 12.5. The zero-order valence-corrected chi connectivity index (χ0v) is 23.1. The van der Waals surface area contributed by atoms with Crippen molar-refractivity contribution in [1.82, 2.24) is 0 Å². The fourth-order valence-electron chi connectivity index (χ4n) is 5.76. The van der Waals surface area contributed by atoms with E-state index in [-0.39, 0.29) is 0 Å². The largest absolute Gasteiger partial charge is 0.139 e. The van der Waals surface area contributed by atoms with E-state index in [1.54, 1.807) is 0 Å². The third-order valence-electron chi connectivity index (χ3n) is 7.53. The minimum absolute atomic E-state index is 1.29. The van der Waals surface area contributed by atoms with Gasteiger partial charge in [0, 0.05) is 50.1 Å². The lowest BCUT2D eigenvalue weighted by Gasteiger charge is -2.05. The highest BCUT2D eigenvalue weighted by atomic mass is 32.1. The van der Waals surface area contributed by atoms with Crippen LogP contribution in [0.5, 0.6) is 0 Å². The third-order valence-corrected chi connectivity index (χ3v) is 12.5. The fourth-order valence-corrected chi connectivity index (χ4v) is 11.0. The molecule has 5 aromatic carbocycles. The van der Waals surface area contributed by atoms with Crippen LogP contribution in [0, 0.1) is 6.92 Å². The fraction of sp³-hybridized carbons (Fsp3) is 0.0303. The van der Waals surface area contributed by atoms with Gasteiger partial charge in [-0.05, 0) is 64.4 Å². The number of aryl methyl sites for hydroxylation is 1. The van der Waals surface area contributed by atoms with Crippen LogP contribution in [-0.4, -0.2) is 0 Å². The van der Waals surface area contributed by atoms with E-state index in [1.165, 1.54) is 86.6 Å². The lowest BCUT2D eigenvalue weighted by molar-refractivity contribution is 1.66. The van der Waals surface area contributed by atoms with Crippen molar-refractivity contribution in [1.29, 1.82) is 0 Å². The molecule has 0 unspecified atom stereocenters. The Hall–Kier alpha value is -3.28. The van der Waals surface area contributed by atoms with Crippen molar-refractivity contribution in [3.63, 3.8) is 0 Å². The molecular weight excluding hydrogens is 525 g/mol. The minimum atomic E-state index is 1.29. The Labute approximate surface area is 228 Å². The molecule has 0 atom stereocenters. The van der Waals surface area contributed by atoms with Crippen molar-refractivity contribution in [2.24, 2.45) is 0 Å². The molecule has 0 saturated carbocycles. The highest BCUT2D eigenvalue weighted by Crippen LogP contribution is 2.47. The first kappa shape index (κ1) is 20.7. The van der Waals surface area contributed by atoms with Gasteiger partial charge in [0.25, 0.3) is 0 Å². The molecule has 0 N–H and O–H groups in total. The van der Waals surface area contributed by atoms with Gasteiger partial charge in [0.1, 0.15) is 0 Å². The molecule has 4 heterocycles. The zero-order valence-electron chi connectivity index (χ0n) is 19.8. The number of hydrogen-bond acceptors (Lipinski definition) is 4. The molecule has 0 bridgehead atoms. The molecule has 0 radical (unpaired) electrons. The molecule has 37 heavy (non-hydrogen) atoms. The lowest BCUT2D eigenvalue weighted by atomic mass is 10.0. The van der Waals surface area contributed by atoms with Gasteiger partial charge in [-0.15, -0.1) is 45.3 Å². The first-order chi connectivity index (χ1) is 18.2. The summed E-state index contributed by atoms with van der Waals surface area (Å²) in [5.74, 6) is 0. The maximum absolute atomic E-state index is 2.43. The van der Waals surface area contributed by atoms with E-state index in [0.29, 0.717) is 0 Å². The second kappa shape index (κ2) is 7.40. The zero-order chi connectivity index (χ0) is 24.2. The summed E-state index contributed by atoms with van der Waals surface area (Å²) in [6.45, 7) is 2.21. The van der Waals surface area contributed by atoms with Crippen molar-refractivity contribution < 1.29 is 0 Å². The molecule has 174 valence electrons. The van der Waals surface area contributed by atoms with Gasteiger partial charge in [-0.3, -0.25) is 0 Å². The molecule has 0 saturated heterocycles. The molecule has 0 amide bonds. The first-order valence-corrected chi connectivity index (χ1v) is 15.6. The number of fused-ring (bicyclic) bond motifs is 11. The predicted octanol–water partition coefficient (Wildman–Crippen LogP) is 12.0. The van der Waals surface area contributed by atoms with E-state index in [4.69, 9.17) is 0 Å². The number of rotatable bonds is 1. The van der Waals surface area contributed by atoms with Crippen LogP contribution in [0.4, 0.5) is 0 Å². The molecule has 4 heteroatoms. The van der Waals surface area contributed by atoms with Gasteiger partial charge >= 0.3 is 0 Å². The van der Waals surface area contributed by atoms with E-state index in [0.717, 1.165) is 0 Å². The molecule has 9 aromatic rings. The highest BCUT2D eigenvalue weighted by Gasteiger charge is 2.16. The second-order valence-electron chi connectivity index (χ2n) is 9.80. The first-order valence-electron chi connectivity index (χ1n) is 12.3. The van der Waals surface area contributed by atoms with Crippen LogP contribution in [0.1, 0.15) is 4.88 Å². The molecule has 0 aliphatic heterocycles. The van der Waals surface area contributed by atoms with E-state index < -0.39 is 0 Å². The third kappa shape index (κ3) is 2.93. The molecule has 9 rings (SSSR count). The maximum atomic E-state index is 2.43. The Kier molecular flexibility index (Phi) is 4.15. The van der Waals surface area contributed by atoms with Crippen molar-refractivity contribution in [3.8, 4) is 10.4 Å². The van der Waals surface area contributed by atoms with E-state index in [1.807, 2.05) is 45.3 Å². The van der Waals surface area contributed by atoms with Crippen LogP contribution in [-0.2, 0) is 0 Å². The SMILES string of the molecule is Cc1cc2sc3c4cc5ccc6c7sc(-c8ccc9ccccc9c8)cc7sc6c5cc4ccc3c2s1. The summed E-state index contributed by atoms with van der Waals surface area (Å²) in [5.41, 5.74) is 1.31. The van der Waals surface area contributed by atoms with Crippen molar-refractivity contribution in [2.45, 2.75) is 6.92 Å². The molecule has 0 aliphatic carbocycles. The quantitative estimate of drug-likeness (QED) is 0.181. The number of benzene rings is 5. The van der Waals surface area contributed by atoms with Crippen LogP contribution in [0.15, 0.2) is 91.0 Å². The lowest BCUT2D eigenvalue weighted by Crippen LogP contribution is -1.78. The van der Waals surface area contributed by atoms with Gasteiger partial charge in [-0.2, -0.15) is 0 Å². The van der Waals surface area contributed by atoms with Crippen molar-refractivity contribution >= 4 is 117 Å². The maximum Gasteiger partial charge on any atom is 0.0536 e. The van der Waals surface area contributed by atoms with E-state index in [9.17, 15) is 0 Å². The van der Waals surface area contributed by atoms with Crippen LogP contribution < -0.4 is 0 Å². The monoisotopic (exact) mass is 542 g/mol. The average molecular weight is 543 g/mol. The summed E-state index contributed by atoms with van der Waals surface area (Å²) in [5, 5.41) is 10.8. The molecule has 0 nitrogen and oxygen atoms in total. The summed E-state index contributed by atoms with van der Waals surface area (Å²) in [6, 6.07) is 34.4. The van der Waals surface area contributed by atoms with Crippen LogP contribution >= 0.6 is 45.3 Å². The van der Waals surface area contributed by atoms with Gasteiger partial charge in [0.05, 0.1) is 9.40 Å². The Balaban J connectivity index is 1.25. The van der Waals surface area contributed by atoms with Gasteiger partial charge in [0.15, 0.2) is 0 Å². The van der Waals surface area contributed by atoms with E-state index in [2.05, 4.69) is 97.9 Å². The molecule has 0 aliphatic rings. The number of thiophene rings is 4. The summed E-state index contributed by atoms with van der Waals surface area (Å²) in [4.78, 5) is 2.74. The Bertz CT molecular complexity index is 2370. The highest BCUT2D eigenvalue weighted by molar-refractivity contribution is 7.34. The second-order valence-corrected chi connectivity index (χ2v) is 14.2. The molecule has 4 aromatic heterocycles. The Morgan fingerprint density at radius 3 is 1.78 bits per heavy atom. The van der Waals surface area contributed by atoms with Crippen LogP contribution in [0.3, 0.4) is 0 Å². The summed E-state index contributed by atoms with van der Waals surface area (Å²) >= 11 is 7.73. The van der Waals surface area contributed by atoms with Gasteiger partial charge in [-0.25, -0.2) is 0 Å². The van der Waals surface area contributed by atoms with Crippen molar-refractivity contribution in [3.05, 3.63) is 95.9 Å². The van der Waals surface area contributed by atoms with E-state index >= 15 is 0 Å². The summed E-state index contributed by atoms with van der Waals surface area (Å²) in [6.07, 6.45) is 0. The predicted molar refractivity (Wildman–Crippen MR) is 171 cm³/mol.